The van der Waals surface area contributed by atoms with Gasteiger partial charge in [0, 0.05) is 30.3 Å². The number of alkyl halides is 3. The van der Waals surface area contributed by atoms with Gasteiger partial charge in [0.15, 0.2) is 11.6 Å². The number of carboxylic acid groups (broad SMARTS) is 1. The Balaban J connectivity index is 1.70. The normalized spacial score (nSPS) is 17.6. The number of nitrogens with zero attached hydrogens (tertiary/aromatic N) is 5. The monoisotopic (exact) mass is 563 g/mol. The predicted molar refractivity (Wildman–Crippen MR) is 136 cm³/mol. The van der Waals surface area contributed by atoms with E-state index in [1.165, 1.54) is 22.2 Å². The minimum atomic E-state index is -4.91. The number of aromatic nitrogens is 4. The zero-order valence-corrected chi connectivity index (χ0v) is 22.2. The SMILES string of the molecule is CC1CCC(C(=O)N(c2cc(F)c(Oc3ncc(Cn4cncn4)cc3C(F)(F)F)cc2C(=O)O)C(C)C)CC1. The Morgan fingerprint density at radius 2 is 1.88 bits per heavy atom. The van der Waals surface area contributed by atoms with Gasteiger partial charge in [-0.05, 0) is 57.1 Å². The highest BCUT2D eigenvalue weighted by Gasteiger charge is 2.37. The molecule has 1 amide bonds. The second kappa shape index (κ2) is 11.6. The van der Waals surface area contributed by atoms with Gasteiger partial charge in [0.25, 0.3) is 0 Å². The lowest BCUT2D eigenvalue weighted by atomic mass is 9.82. The number of rotatable bonds is 8. The Hall–Kier alpha value is -4.03. The summed E-state index contributed by atoms with van der Waals surface area (Å²) in [6, 6.07) is 1.88. The molecule has 214 valence electrons. The molecule has 2 heterocycles. The Bertz CT molecular complexity index is 1370. The molecule has 4 rings (SSSR count). The number of aromatic carboxylic acids is 1. The van der Waals surface area contributed by atoms with Crippen molar-refractivity contribution in [1.29, 1.82) is 0 Å². The van der Waals surface area contributed by atoms with E-state index in [4.69, 9.17) is 4.74 Å². The Morgan fingerprint density at radius 3 is 2.45 bits per heavy atom. The Kier molecular flexibility index (Phi) is 8.40. The van der Waals surface area contributed by atoms with Gasteiger partial charge in [-0.3, -0.25) is 4.79 Å². The minimum Gasteiger partial charge on any atom is -0.478 e. The van der Waals surface area contributed by atoms with Crippen LogP contribution in [0.1, 0.15) is 67.9 Å². The fourth-order valence-corrected chi connectivity index (χ4v) is 4.82. The van der Waals surface area contributed by atoms with E-state index in [9.17, 15) is 27.9 Å². The zero-order chi connectivity index (χ0) is 29.2. The van der Waals surface area contributed by atoms with Crippen LogP contribution in [0.15, 0.2) is 37.1 Å². The van der Waals surface area contributed by atoms with Crippen molar-refractivity contribution in [3.05, 3.63) is 59.6 Å². The lowest BCUT2D eigenvalue weighted by Gasteiger charge is -2.34. The second-order valence-corrected chi connectivity index (χ2v) is 10.3. The predicted octanol–water partition coefficient (Wildman–Crippen LogP) is 5.94. The first-order chi connectivity index (χ1) is 18.8. The summed E-state index contributed by atoms with van der Waals surface area (Å²) in [6.45, 7) is 5.40. The smallest absolute Gasteiger partial charge is 0.421 e. The molecule has 0 bridgehead atoms. The first-order valence-corrected chi connectivity index (χ1v) is 12.8. The van der Waals surface area contributed by atoms with Crippen molar-refractivity contribution in [3.63, 3.8) is 0 Å². The molecule has 0 radical (unpaired) electrons. The fraction of sp³-hybridized carbons (Fsp3) is 0.444. The Labute approximate surface area is 227 Å². The van der Waals surface area contributed by atoms with Crippen molar-refractivity contribution in [2.75, 3.05) is 4.90 Å². The number of ether oxygens (including phenoxy) is 1. The molecule has 1 aliphatic rings. The van der Waals surface area contributed by atoms with E-state index in [1.807, 2.05) is 0 Å². The van der Waals surface area contributed by atoms with Gasteiger partial charge in [-0.25, -0.2) is 23.8 Å². The van der Waals surface area contributed by atoms with Crippen molar-refractivity contribution >= 4 is 17.6 Å². The van der Waals surface area contributed by atoms with Crippen LogP contribution in [0.25, 0.3) is 0 Å². The quantitative estimate of drug-likeness (QED) is 0.338. The number of carboxylic acids is 1. The van der Waals surface area contributed by atoms with Crippen molar-refractivity contribution in [2.24, 2.45) is 11.8 Å². The van der Waals surface area contributed by atoms with Crippen molar-refractivity contribution in [3.8, 4) is 11.6 Å². The van der Waals surface area contributed by atoms with Crippen LogP contribution < -0.4 is 9.64 Å². The molecule has 3 aromatic rings. The summed E-state index contributed by atoms with van der Waals surface area (Å²) in [4.78, 5) is 34.4. The van der Waals surface area contributed by atoms with Crippen LogP contribution in [-0.4, -0.2) is 42.8 Å². The highest BCUT2D eigenvalue weighted by Crippen LogP contribution is 2.40. The van der Waals surface area contributed by atoms with E-state index < -0.39 is 46.8 Å². The molecule has 1 saturated carbocycles. The molecule has 1 N–H and O–H groups in total. The maximum atomic E-state index is 15.3. The summed E-state index contributed by atoms with van der Waals surface area (Å²) >= 11 is 0. The van der Waals surface area contributed by atoms with Gasteiger partial charge in [-0.1, -0.05) is 6.92 Å². The number of benzene rings is 1. The van der Waals surface area contributed by atoms with E-state index in [0.29, 0.717) is 18.8 Å². The highest BCUT2D eigenvalue weighted by atomic mass is 19.4. The molecule has 1 fully saturated rings. The van der Waals surface area contributed by atoms with Crippen LogP contribution >= 0.6 is 0 Å². The second-order valence-electron chi connectivity index (χ2n) is 10.3. The Morgan fingerprint density at radius 1 is 1.18 bits per heavy atom. The fourth-order valence-electron chi connectivity index (χ4n) is 4.82. The molecule has 0 saturated heterocycles. The maximum Gasteiger partial charge on any atom is 0.421 e. The number of anilines is 1. The number of hydrogen-bond acceptors (Lipinski definition) is 6. The maximum absolute atomic E-state index is 15.3. The third-order valence-corrected chi connectivity index (χ3v) is 6.89. The number of pyridine rings is 1. The van der Waals surface area contributed by atoms with Crippen LogP contribution in [0.3, 0.4) is 0 Å². The number of carbonyl (C=O) groups is 2. The lowest BCUT2D eigenvalue weighted by Crippen LogP contribution is -2.43. The first-order valence-electron chi connectivity index (χ1n) is 12.8. The van der Waals surface area contributed by atoms with Crippen LogP contribution in [0, 0.1) is 17.7 Å². The molecule has 0 atom stereocenters. The van der Waals surface area contributed by atoms with Gasteiger partial charge in [-0.2, -0.15) is 18.3 Å². The van der Waals surface area contributed by atoms with Crippen molar-refractivity contribution in [2.45, 2.75) is 65.2 Å². The molecular formula is C27H29F4N5O4. The van der Waals surface area contributed by atoms with Crippen molar-refractivity contribution in [1.82, 2.24) is 19.7 Å². The van der Waals surface area contributed by atoms with E-state index in [1.54, 1.807) is 13.8 Å². The molecule has 1 aromatic carbocycles. The van der Waals surface area contributed by atoms with Gasteiger partial charge in [-0.15, -0.1) is 0 Å². The average Bonchev–Trinajstić information content (AvgIpc) is 3.39. The summed E-state index contributed by atoms with van der Waals surface area (Å²) in [5, 5.41) is 13.8. The summed E-state index contributed by atoms with van der Waals surface area (Å²) in [6.07, 6.45) is 1.71. The topological polar surface area (TPSA) is 110 Å². The summed E-state index contributed by atoms with van der Waals surface area (Å²) in [7, 11) is 0. The molecule has 9 nitrogen and oxygen atoms in total. The molecule has 1 aliphatic carbocycles. The van der Waals surface area contributed by atoms with Gasteiger partial charge in [0.2, 0.25) is 11.8 Å². The lowest BCUT2D eigenvalue weighted by molar-refractivity contribution is -0.139. The van der Waals surface area contributed by atoms with Crippen LogP contribution in [-0.2, 0) is 17.5 Å². The van der Waals surface area contributed by atoms with Crippen LogP contribution in [0.5, 0.6) is 11.6 Å². The van der Waals surface area contributed by atoms with Gasteiger partial charge >= 0.3 is 12.1 Å². The van der Waals surface area contributed by atoms with E-state index >= 15 is 4.39 Å². The van der Waals surface area contributed by atoms with Gasteiger partial charge < -0.3 is 14.7 Å². The van der Waals surface area contributed by atoms with Crippen LogP contribution in [0.4, 0.5) is 23.2 Å². The number of carbonyl (C=O) groups excluding carboxylic acids is 1. The van der Waals surface area contributed by atoms with E-state index in [2.05, 4.69) is 22.0 Å². The minimum absolute atomic E-state index is 0.0540. The van der Waals surface area contributed by atoms with Gasteiger partial charge in [0.05, 0.1) is 17.8 Å². The third-order valence-electron chi connectivity index (χ3n) is 6.89. The number of amides is 1. The van der Waals surface area contributed by atoms with Crippen LogP contribution in [0.2, 0.25) is 0 Å². The molecule has 40 heavy (non-hydrogen) atoms. The summed E-state index contributed by atoms with van der Waals surface area (Å²) in [5.41, 5.74) is -1.83. The number of hydrogen-bond donors (Lipinski definition) is 1. The molecule has 13 heteroatoms. The molecule has 0 spiro atoms. The standard InChI is InChI=1S/C27H29F4N5O4/c1-15(2)36(25(37)18-6-4-16(3)5-7-18)22-10-21(28)23(9-19(22)26(38)39)40-24-20(27(29,30)31)8-17(11-33-24)12-35-14-32-13-34-35/h8-11,13-16,18H,4-7,12H2,1-3H3,(H,38,39). The average molecular weight is 564 g/mol. The molecule has 0 aliphatic heterocycles. The zero-order valence-electron chi connectivity index (χ0n) is 22.2. The molecule has 0 unspecified atom stereocenters. The van der Waals surface area contributed by atoms with Crippen molar-refractivity contribution < 1.29 is 37.0 Å². The highest BCUT2D eigenvalue weighted by molar-refractivity contribution is 6.03. The van der Waals surface area contributed by atoms with E-state index in [0.717, 1.165) is 37.2 Å². The largest absolute Gasteiger partial charge is 0.478 e. The molecular weight excluding hydrogens is 534 g/mol. The van der Waals surface area contributed by atoms with Gasteiger partial charge in [0.1, 0.15) is 18.2 Å². The van der Waals surface area contributed by atoms with E-state index in [-0.39, 0.29) is 29.6 Å². The summed E-state index contributed by atoms with van der Waals surface area (Å²) in [5.74, 6) is -4.54. The number of halogens is 4. The summed E-state index contributed by atoms with van der Waals surface area (Å²) < 4.78 is 63.5. The first kappa shape index (κ1) is 29.0. The third kappa shape index (κ3) is 6.40. The molecule has 2 aromatic heterocycles.